The van der Waals surface area contributed by atoms with E-state index in [0.29, 0.717) is 17.2 Å². The third-order valence-electron chi connectivity index (χ3n) is 3.68. The highest BCUT2D eigenvalue weighted by molar-refractivity contribution is 5.96. The number of rotatable bonds is 7. The molecule has 1 amide bonds. The van der Waals surface area contributed by atoms with Crippen molar-refractivity contribution in [1.82, 2.24) is 0 Å². The Labute approximate surface area is 156 Å². The summed E-state index contributed by atoms with van der Waals surface area (Å²) < 4.78 is 21.0. The average Bonchev–Trinajstić information content (AvgIpc) is 2.68. The van der Waals surface area contributed by atoms with Crippen molar-refractivity contribution in [3.63, 3.8) is 0 Å². The summed E-state index contributed by atoms with van der Waals surface area (Å²) in [6, 6.07) is 7.00. The number of carbonyl (C=O) groups excluding carboxylic acids is 2. The zero-order valence-electron chi connectivity index (χ0n) is 15.5. The summed E-state index contributed by atoms with van der Waals surface area (Å²) >= 11 is 0. The number of methoxy groups -OCH3 is 3. The van der Waals surface area contributed by atoms with Gasteiger partial charge in [0.15, 0.2) is 11.5 Å². The van der Waals surface area contributed by atoms with Crippen molar-refractivity contribution in [1.29, 1.82) is 0 Å². The lowest BCUT2D eigenvalue weighted by Gasteiger charge is -2.14. The fraction of sp³-hybridized carbons (Fsp3) is 0.263. The van der Waals surface area contributed by atoms with Crippen molar-refractivity contribution in [3.05, 3.63) is 35.9 Å². The van der Waals surface area contributed by atoms with Gasteiger partial charge in [-0.15, -0.1) is 0 Å². The molecule has 8 heteroatoms. The van der Waals surface area contributed by atoms with Gasteiger partial charge >= 0.3 is 5.97 Å². The number of amides is 1. The van der Waals surface area contributed by atoms with E-state index >= 15 is 0 Å². The minimum absolute atomic E-state index is 0.126. The molecule has 27 heavy (non-hydrogen) atoms. The zero-order chi connectivity index (χ0) is 20.0. The van der Waals surface area contributed by atoms with Gasteiger partial charge in [0.2, 0.25) is 11.7 Å². The van der Waals surface area contributed by atoms with E-state index < -0.39 is 5.97 Å². The Kier molecular flexibility index (Phi) is 6.48. The number of hydrogen-bond acceptors (Lipinski definition) is 7. The van der Waals surface area contributed by atoms with Gasteiger partial charge in [0.05, 0.1) is 32.6 Å². The summed E-state index contributed by atoms with van der Waals surface area (Å²) in [5.74, 6) is 0.0936. The molecule has 2 aromatic rings. The van der Waals surface area contributed by atoms with E-state index in [1.165, 1.54) is 51.7 Å². The highest BCUT2D eigenvalue weighted by Crippen LogP contribution is 2.41. The number of phenolic OH excluding ortho intramolecular Hbond substituents is 1. The molecule has 0 aliphatic carbocycles. The van der Waals surface area contributed by atoms with E-state index in [1.807, 2.05) is 0 Å². The van der Waals surface area contributed by atoms with E-state index in [4.69, 9.17) is 18.9 Å². The topological polar surface area (TPSA) is 103 Å². The van der Waals surface area contributed by atoms with Crippen LogP contribution >= 0.6 is 0 Å². The van der Waals surface area contributed by atoms with E-state index in [0.717, 1.165) is 0 Å². The number of nitrogens with one attached hydrogen (secondary N) is 1. The smallest absolute Gasteiger partial charge is 0.343 e. The van der Waals surface area contributed by atoms with Crippen LogP contribution in [0.2, 0.25) is 0 Å². The lowest BCUT2D eigenvalue weighted by molar-refractivity contribution is -0.115. The maximum absolute atomic E-state index is 12.5. The SMILES string of the molecule is CCC(=O)Nc1cc(C(=O)Oc2cc(OC)c(OC)c(OC)c2)ccc1O. The Morgan fingerprint density at radius 2 is 1.63 bits per heavy atom. The van der Waals surface area contributed by atoms with Gasteiger partial charge in [-0.05, 0) is 18.2 Å². The molecule has 8 nitrogen and oxygen atoms in total. The number of anilines is 1. The number of carbonyl (C=O) groups is 2. The number of benzene rings is 2. The van der Waals surface area contributed by atoms with Gasteiger partial charge in [0.25, 0.3) is 0 Å². The first kappa shape index (κ1) is 19.9. The Balaban J connectivity index is 2.29. The first-order chi connectivity index (χ1) is 12.9. The van der Waals surface area contributed by atoms with Crippen molar-refractivity contribution in [2.75, 3.05) is 26.6 Å². The van der Waals surface area contributed by atoms with Gasteiger partial charge in [0, 0.05) is 18.6 Å². The second-order valence-corrected chi connectivity index (χ2v) is 5.38. The Bertz CT molecular complexity index is 823. The standard InChI is InChI=1S/C19H21NO7/c1-5-17(22)20-13-8-11(6-7-14(13)21)19(23)27-12-9-15(24-2)18(26-4)16(10-12)25-3/h6-10,21H,5H2,1-4H3,(H,20,22). The number of esters is 1. The second kappa shape index (κ2) is 8.79. The summed E-state index contributed by atoms with van der Waals surface area (Å²) in [7, 11) is 4.37. The molecule has 0 aliphatic rings. The Morgan fingerprint density at radius 1 is 1.00 bits per heavy atom. The van der Waals surface area contributed by atoms with Gasteiger partial charge in [-0.1, -0.05) is 6.92 Å². The second-order valence-electron chi connectivity index (χ2n) is 5.38. The van der Waals surface area contributed by atoms with Crippen LogP contribution in [0.15, 0.2) is 30.3 Å². The molecule has 0 saturated carbocycles. The number of aromatic hydroxyl groups is 1. The number of hydrogen-bond donors (Lipinski definition) is 2. The van der Waals surface area contributed by atoms with Gasteiger partial charge < -0.3 is 29.4 Å². The third-order valence-corrected chi connectivity index (χ3v) is 3.68. The summed E-state index contributed by atoms with van der Waals surface area (Å²) in [5, 5.41) is 12.3. The third kappa shape index (κ3) is 4.60. The molecule has 0 aromatic heterocycles. The molecule has 0 bridgehead atoms. The Morgan fingerprint density at radius 3 is 2.15 bits per heavy atom. The molecule has 0 radical (unpaired) electrons. The lowest BCUT2D eigenvalue weighted by Crippen LogP contribution is -2.12. The molecular formula is C19H21NO7. The van der Waals surface area contributed by atoms with E-state index in [-0.39, 0.29) is 35.1 Å². The van der Waals surface area contributed by atoms with Crippen LogP contribution in [0.5, 0.6) is 28.7 Å². The molecule has 0 aliphatic heterocycles. The van der Waals surface area contributed by atoms with Crippen LogP contribution in [0.1, 0.15) is 23.7 Å². The van der Waals surface area contributed by atoms with Crippen molar-refractivity contribution in [3.8, 4) is 28.7 Å². The molecule has 0 heterocycles. The quantitative estimate of drug-likeness (QED) is 0.436. The van der Waals surface area contributed by atoms with Crippen molar-refractivity contribution in [2.45, 2.75) is 13.3 Å². The van der Waals surface area contributed by atoms with E-state index in [1.54, 1.807) is 6.92 Å². The molecule has 2 aromatic carbocycles. The maximum atomic E-state index is 12.5. The van der Waals surface area contributed by atoms with Crippen LogP contribution < -0.4 is 24.3 Å². The van der Waals surface area contributed by atoms with Crippen LogP contribution in [-0.2, 0) is 4.79 Å². The molecule has 0 atom stereocenters. The summed E-state index contributed by atoms with van der Waals surface area (Å²) in [6.07, 6.45) is 0.236. The fourth-order valence-electron chi connectivity index (χ4n) is 2.28. The molecule has 144 valence electrons. The van der Waals surface area contributed by atoms with Crippen LogP contribution in [0.4, 0.5) is 5.69 Å². The van der Waals surface area contributed by atoms with Crippen molar-refractivity contribution in [2.24, 2.45) is 0 Å². The van der Waals surface area contributed by atoms with Gasteiger partial charge in [0.1, 0.15) is 11.5 Å². The summed E-state index contributed by atoms with van der Waals surface area (Å²) in [4.78, 5) is 24.0. The first-order valence-electron chi connectivity index (χ1n) is 8.08. The lowest BCUT2D eigenvalue weighted by atomic mass is 10.2. The fourth-order valence-corrected chi connectivity index (χ4v) is 2.28. The minimum atomic E-state index is -0.684. The number of ether oxygens (including phenoxy) is 4. The molecule has 0 spiro atoms. The van der Waals surface area contributed by atoms with E-state index in [2.05, 4.69) is 5.32 Å². The van der Waals surface area contributed by atoms with Gasteiger partial charge in [-0.25, -0.2) is 4.79 Å². The van der Waals surface area contributed by atoms with Crippen molar-refractivity contribution < 1.29 is 33.6 Å². The minimum Gasteiger partial charge on any atom is -0.506 e. The van der Waals surface area contributed by atoms with Crippen LogP contribution in [0, 0.1) is 0 Å². The molecule has 0 fully saturated rings. The average molecular weight is 375 g/mol. The first-order valence-corrected chi connectivity index (χ1v) is 8.08. The van der Waals surface area contributed by atoms with Crippen LogP contribution in [0.3, 0.4) is 0 Å². The van der Waals surface area contributed by atoms with Crippen LogP contribution in [-0.4, -0.2) is 38.3 Å². The summed E-state index contributed by atoms with van der Waals surface area (Å²) in [6.45, 7) is 1.68. The molecule has 0 saturated heterocycles. The van der Waals surface area contributed by atoms with Crippen molar-refractivity contribution >= 4 is 17.6 Å². The molecule has 0 unspecified atom stereocenters. The molecule has 2 rings (SSSR count). The van der Waals surface area contributed by atoms with Gasteiger partial charge in [-0.2, -0.15) is 0 Å². The maximum Gasteiger partial charge on any atom is 0.343 e. The Hall–Kier alpha value is -3.42. The highest BCUT2D eigenvalue weighted by Gasteiger charge is 2.18. The number of phenols is 1. The predicted octanol–water partition coefficient (Wildman–Crippen LogP) is 2.99. The normalized spacial score (nSPS) is 10.1. The molecule has 2 N–H and O–H groups in total. The zero-order valence-corrected chi connectivity index (χ0v) is 15.5. The highest BCUT2D eigenvalue weighted by atomic mass is 16.5. The summed E-state index contributed by atoms with van der Waals surface area (Å²) in [5.41, 5.74) is 0.272. The van der Waals surface area contributed by atoms with E-state index in [9.17, 15) is 14.7 Å². The van der Waals surface area contributed by atoms with Gasteiger partial charge in [-0.3, -0.25) is 4.79 Å². The predicted molar refractivity (Wildman–Crippen MR) is 98.1 cm³/mol. The monoisotopic (exact) mass is 375 g/mol. The molecular weight excluding hydrogens is 354 g/mol. The largest absolute Gasteiger partial charge is 0.506 e. The van der Waals surface area contributed by atoms with Crippen LogP contribution in [0.25, 0.3) is 0 Å².